The number of nitrogens with one attached hydrogen (secondary N) is 2. The van der Waals surface area contributed by atoms with Gasteiger partial charge in [0.05, 0.1) is 35.5 Å². The minimum Gasteiger partial charge on any atom is -0.493 e. The number of carboxylic acids is 2. The van der Waals surface area contributed by atoms with Crippen LogP contribution in [0.5, 0.6) is 11.5 Å². The summed E-state index contributed by atoms with van der Waals surface area (Å²) in [5.74, 6) is -2.26. The minimum absolute atomic E-state index is 0.0654. The quantitative estimate of drug-likeness (QED) is 0.0762. The van der Waals surface area contributed by atoms with Gasteiger partial charge in [-0.15, -0.1) is 0 Å². The molecular weight excluding hydrogens is 721 g/mol. The highest BCUT2D eigenvalue weighted by molar-refractivity contribution is 6.11. The number of carbonyl (C=O) groups is 4. The van der Waals surface area contributed by atoms with Crippen molar-refractivity contribution in [2.75, 3.05) is 23.8 Å². The fraction of sp³-hybridized carbons (Fsp3) is 0.149. The molecule has 0 unspecified atom stereocenters. The van der Waals surface area contributed by atoms with Crippen LogP contribution in [0.3, 0.4) is 0 Å². The molecule has 0 spiro atoms. The summed E-state index contributed by atoms with van der Waals surface area (Å²) in [5, 5.41) is 25.2. The van der Waals surface area contributed by atoms with Crippen molar-refractivity contribution in [2.24, 2.45) is 5.41 Å². The van der Waals surface area contributed by atoms with Gasteiger partial charge in [0, 0.05) is 16.8 Å². The molecule has 0 atom stereocenters. The predicted octanol–water partition coefficient (Wildman–Crippen LogP) is 9.25. The van der Waals surface area contributed by atoms with Crippen molar-refractivity contribution < 1.29 is 38.9 Å². The van der Waals surface area contributed by atoms with Gasteiger partial charge in [0.15, 0.2) is 0 Å². The molecule has 0 aliphatic carbocycles. The maximum atomic E-state index is 13.1. The van der Waals surface area contributed by atoms with Gasteiger partial charge < -0.3 is 30.3 Å². The summed E-state index contributed by atoms with van der Waals surface area (Å²) in [5.41, 5.74) is 4.22. The lowest BCUT2D eigenvalue weighted by Crippen LogP contribution is -2.28. The molecule has 0 aliphatic rings. The van der Waals surface area contributed by atoms with E-state index in [0.29, 0.717) is 48.9 Å². The molecule has 6 aromatic carbocycles. The molecule has 4 N–H and O–H groups in total. The third-order valence-electron chi connectivity index (χ3n) is 9.10. The molecule has 6 aromatic rings. The van der Waals surface area contributed by atoms with Crippen molar-refractivity contribution in [3.05, 3.63) is 190 Å². The standard InChI is InChI=1S/C47H42N2O8/c1-47(2,29-56-37-19-15-35(16-20-37)48-43(50)39-23-13-33(27-41(39)45(52)53)25-31-9-5-3-6-10-31)30-57-38-21-17-36(18-22-38)49-44(51)40-24-14-34(28-42(40)46(54)55)26-32-11-7-4-8-12-32/h3-24,27-28H,25-26,29-30H2,1-2H3,(H,48,50)(H,49,51)(H,52,53)(H,54,55). The summed E-state index contributed by atoms with van der Waals surface area (Å²) < 4.78 is 12.1. The topological polar surface area (TPSA) is 151 Å². The average molecular weight is 763 g/mol. The number of carboxylic acid groups (broad SMARTS) is 2. The summed E-state index contributed by atoms with van der Waals surface area (Å²) in [7, 11) is 0. The number of hydrogen-bond donors (Lipinski definition) is 4. The highest BCUT2D eigenvalue weighted by atomic mass is 16.5. The van der Waals surface area contributed by atoms with Crippen LogP contribution in [-0.4, -0.2) is 47.2 Å². The van der Waals surface area contributed by atoms with Crippen molar-refractivity contribution in [2.45, 2.75) is 26.7 Å². The van der Waals surface area contributed by atoms with E-state index >= 15 is 0 Å². The van der Waals surface area contributed by atoms with Crippen LogP contribution in [0.25, 0.3) is 0 Å². The van der Waals surface area contributed by atoms with Gasteiger partial charge in [-0.1, -0.05) is 86.6 Å². The Morgan fingerprint density at radius 1 is 0.474 bits per heavy atom. The average Bonchev–Trinajstić information content (AvgIpc) is 3.21. The van der Waals surface area contributed by atoms with E-state index in [-0.39, 0.29) is 22.3 Å². The zero-order chi connectivity index (χ0) is 40.4. The molecule has 6 rings (SSSR count). The third-order valence-corrected chi connectivity index (χ3v) is 9.10. The SMILES string of the molecule is CC(C)(COc1ccc(NC(=O)c2ccc(Cc3ccccc3)cc2C(=O)O)cc1)COc1ccc(NC(=O)c2ccc(Cc3ccccc3)cc2C(=O)O)cc1. The first-order chi connectivity index (χ1) is 27.4. The molecule has 0 bridgehead atoms. The Bertz CT molecular complexity index is 2190. The van der Waals surface area contributed by atoms with Gasteiger partial charge in [0.2, 0.25) is 0 Å². The lowest BCUT2D eigenvalue weighted by Gasteiger charge is -2.25. The van der Waals surface area contributed by atoms with Gasteiger partial charge in [-0.3, -0.25) is 9.59 Å². The second-order valence-electron chi connectivity index (χ2n) is 14.4. The lowest BCUT2D eigenvalue weighted by atomic mass is 9.96. The predicted molar refractivity (Wildman–Crippen MR) is 219 cm³/mol. The molecule has 0 radical (unpaired) electrons. The van der Waals surface area contributed by atoms with E-state index in [9.17, 15) is 29.4 Å². The molecule has 0 saturated heterocycles. The molecule has 0 aromatic heterocycles. The van der Waals surface area contributed by atoms with Crippen molar-refractivity contribution in [3.63, 3.8) is 0 Å². The summed E-state index contributed by atoms with van der Waals surface area (Å²) >= 11 is 0. The number of rotatable bonds is 16. The second-order valence-corrected chi connectivity index (χ2v) is 14.4. The summed E-state index contributed by atoms with van der Waals surface area (Å²) in [4.78, 5) is 50.3. The Morgan fingerprint density at radius 3 is 1.19 bits per heavy atom. The maximum absolute atomic E-state index is 13.1. The first kappa shape index (κ1) is 39.5. The Balaban J connectivity index is 0.978. The van der Waals surface area contributed by atoms with Crippen LogP contribution in [0, 0.1) is 5.41 Å². The van der Waals surface area contributed by atoms with Crippen molar-refractivity contribution >= 4 is 35.1 Å². The number of benzene rings is 6. The van der Waals surface area contributed by atoms with E-state index in [0.717, 1.165) is 22.3 Å². The molecule has 0 aliphatic heterocycles. The maximum Gasteiger partial charge on any atom is 0.336 e. The first-order valence-electron chi connectivity index (χ1n) is 18.3. The van der Waals surface area contributed by atoms with E-state index in [1.54, 1.807) is 60.7 Å². The van der Waals surface area contributed by atoms with Crippen molar-refractivity contribution in [3.8, 4) is 11.5 Å². The van der Waals surface area contributed by atoms with E-state index in [4.69, 9.17) is 9.47 Å². The molecule has 10 heteroatoms. The fourth-order valence-corrected chi connectivity index (χ4v) is 6.08. The molecule has 10 nitrogen and oxygen atoms in total. The van der Waals surface area contributed by atoms with Gasteiger partial charge in [0.1, 0.15) is 11.5 Å². The number of carbonyl (C=O) groups excluding carboxylic acids is 2. The van der Waals surface area contributed by atoms with E-state index in [2.05, 4.69) is 10.6 Å². The first-order valence-corrected chi connectivity index (χ1v) is 18.3. The third kappa shape index (κ3) is 10.9. The Morgan fingerprint density at radius 2 is 0.842 bits per heavy atom. The number of anilines is 2. The number of aromatic carboxylic acids is 2. The number of ether oxygens (including phenoxy) is 2. The Labute approximate surface area is 330 Å². The van der Waals surface area contributed by atoms with Crippen LogP contribution in [0.2, 0.25) is 0 Å². The fourth-order valence-electron chi connectivity index (χ4n) is 6.08. The van der Waals surface area contributed by atoms with Gasteiger partial charge in [-0.25, -0.2) is 9.59 Å². The van der Waals surface area contributed by atoms with Gasteiger partial charge in [0.25, 0.3) is 11.8 Å². The van der Waals surface area contributed by atoms with Gasteiger partial charge in [-0.2, -0.15) is 0 Å². The van der Waals surface area contributed by atoms with E-state index in [1.807, 2.05) is 74.5 Å². The van der Waals surface area contributed by atoms with Crippen LogP contribution < -0.4 is 20.1 Å². The smallest absolute Gasteiger partial charge is 0.336 e. The van der Waals surface area contributed by atoms with E-state index < -0.39 is 29.2 Å². The highest BCUT2D eigenvalue weighted by Gasteiger charge is 2.22. The molecule has 288 valence electrons. The Kier molecular flexibility index (Phi) is 12.4. The van der Waals surface area contributed by atoms with E-state index in [1.165, 1.54) is 24.3 Å². The van der Waals surface area contributed by atoms with Crippen LogP contribution in [0.1, 0.15) is 77.5 Å². The molecule has 2 amide bonds. The molecule has 57 heavy (non-hydrogen) atoms. The normalized spacial score (nSPS) is 11.0. The Hall–Kier alpha value is -7.20. The molecular formula is C47H42N2O8. The molecule has 0 heterocycles. The minimum atomic E-state index is -1.18. The molecule has 0 fully saturated rings. The van der Waals surface area contributed by atoms with Crippen LogP contribution in [-0.2, 0) is 12.8 Å². The summed E-state index contributed by atoms with van der Waals surface area (Å²) in [6.45, 7) is 4.62. The highest BCUT2D eigenvalue weighted by Crippen LogP contribution is 2.25. The van der Waals surface area contributed by atoms with Crippen LogP contribution in [0.4, 0.5) is 11.4 Å². The monoisotopic (exact) mass is 762 g/mol. The van der Waals surface area contributed by atoms with Gasteiger partial charge in [-0.05, 0) is 108 Å². The zero-order valence-electron chi connectivity index (χ0n) is 31.5. The summed E-state index contributed by atoms with van der Waals surface area (Å²) in [6, 6.07) is 42.7. The second kappa shape index (κ2) is 18.0. The zero-order valence-corrected chi connectivity index (χ0v) is 31.5. The lowest BCUT2D eigenvalue weighted by molar-refractivity contribution is 0.0683. The van der Waals surface area contributed by atoms with Crippen LogP contribution in [0.15, 0.2) is 146 Å². The number of amides is 2. The van der Waals surface area contributed by atoms with Crippen molar-refractivity contribution in [1.82, 2.24) is 0 Å². The summed E-state index contributed by atoms with van der Waals surface area (Å²) in [6.07, 6.45) is 1.10. The number of hydrogen-bond acceptors (Lipinski definition) is 6. The van der Waals surface area contributed by atoms with Crippen molar-refractivity contribution in [1.29, 1.82) is 0 Å². The van der Waals surface area contributed by atoms with Crippen LogP contribution >= 0.6 is 0 Å². The molecule has 0 saturated carbocycles. The van der Waals surface area contributed by atoms with Gasteiger partial charge >= 0.3 is 11.9 Å². The largest absolute Gasteiger partial charge is 0.493 e.